The lowest BCUT2D eigenvalue weighted by atomic mass is 10.1. The van der Waals surface area contributed by atoms with Crippen LogP contribution in [0.15, 0.2) is 47.3 Å². The van der Waals surface area contributed by atoms with Crippen LogP contribution in [-0.4, -0.2) is 19.6 Å². The number of anilines is 1. The van der Waals surface area contributed by atoms with Crippen molar-refractivity contribution in [2.75, 3.05) is 5.32 Å². The Bertz CT molecular complexity index is 989. The van der Waals surface area contributed by atoms with Crippen LogP contribution >= 0.6 is 0 Å². The highest BCUT2D eigenvalue weighted by atomic mass is 19.3. The molecule has 0 fully saturated rings. The molecule has 0 aliphatic heterocycles. The second-order valence-corrected chi connectivity index (χ2v) is 5.82. The lowest BCUT2D eigenvalue weighted by molar-refractivity contribution is 0.0420. The van der Waals surface area contributed by atoms with Crippen molar-refractivity contribution in [2.24, 2.45) is 0 Å². The minimum Gasteiger partial charge on any atom is -0.379 e. The summed E-state index contributed by atoms with van der Waals surface area (Å²) in [6.07, 6.45) is 2.88. The summed E-state index contributed by atoms with van der Waals surface area (Å²) < 4.78 is 28.8. The topological polar surface area (TPSA) is 75.1 Å². The maximum Gasteiger partial charge on any atom is 0.324 e. The first kappa shape index (κ1) is 17.8. The predicted molar refractivity (Wildman–Crippen MR) is 95.5 cm³/mol. The number of hydrogen-bond donors (Lipinski definition) is 2. The average Bonchev–Trinajstić information content (AvgIpc) is 3.06. The lowest BCUT2D eigenvalue weighted by Gasteiger charge is -2.06. The summed E-state index contributed by atoms with van der Waals surface area (Å²) >= 11 is 0. The zero-order chi connectivity index (χ0) is 18.7. The van der Waals surface area contributed by atoms with Crippen molar-refractivity contribution < 1.29 is 8.78 Å². The van der Waals surface area contributed by atoms with Gasteiger partial charge in [0.2, 0.25) is 0 Å². The monoisotopic (exact) mass is 359 g/mol. The first-order valence-corrected chi connectivity index (χ1v) is 8.26. The normalized spacial score (nSPS) is 12.2. The van der Waals surface area contributed by atoms with Crippen LogP contribution in [0.5, 0.6) is 0 Å². The average molecular weight is 359 g/mol. The largest absolute Gasteiger partial charge is 0.379 e. The van der Waals surface area contributed by atoms with Crippen molar-refractivity contribution in [3.8, 4) is 0 Å². The molecule has 2 heterocycles. The molecule has 0 amide bonds. The van der Waals surface area contributed by atoms with Gasteiger partial charge in [-0.2, -0.15) is 18.3 Å². The van der Waals surface area contributed by atoms with Crippen LogP contribution in [-0.2, 0) is 18.9 Å². The van der Waals surface area contributed by atoms with Crippen molar-refractivity contribution in [1.82, 2.24) is 19.6 Å². The quantitative estimate of drug-likeness (QED) is 0.663. The third-order valence-electron chi connectivity index (χ3n) is 3.91. The van der Waals surface area contributed by atoms with E-state index in [9.17, 15) is 13.6 Å². The van der Waals surface area contributed by atoms with E-state index in [-0.39, 0.29) is 12.3 Å². The molecule has 0 aliphatic rings. The Morgan fingerprint density at radius 1 is 1.27 bits per heavy atom. The maximum absolute atomic E-state index is 13.9. The number of benzene rings is 1. The van der Waals surface area contributed by atoms with E-state index in [0.29, 0.717) is 11.8 Å². The van der Waals surface area contributed by atoms with Crippen LogP contribution in [0, 0.1) is 0 Å². The summed E-state index contributed by atoms with van der Waals surface area (Å²) in [4.78, 5) is 20.1. The molecular formula is C18H19F2N5O. The summed E-state index contributed by atoms with van der Waals surface area (Å²) in [6.45, 7) is 3.84. The molecule has 3 rings (SSSR count). The lowest BCUT2D eigenvalue weighted by Crippen LogP contribution is -2.18. The first-order chi connectivity index (χ1) is 12.4. The number of rotatable bonds is 6. The van der Waals surface area contributed by atoms with E-state index >= 15 is 0 Å². The van der Waals surface area contributed by atoms with Gasteiger partial charge in [-0.3, -0.25) is 9.89 Å². The van der Waals surface area contributed by atoms with Crippen molar-refractivity contribution >= 4 is 11.5 Å². The number of aromatic amines is 1. The molecular weight excluding hydrogens is 340 g/mol. The summed E-state index contributed by atoms with van der Waals surface area (Å²) in [6, 6.07) is 9.19. The van der Waals surface area contributed by atoms with Gasteiger partial charge in [-0.25, -0.2) is 4.98 Å². The fourth-order valence-electron chi connectivity index (χ4n) is 2.51. The van der Waals surface area contributed by atoms with Crippen LogP contribution < -0.4 is 10.9 Å². The second-order valence-electron chi connectivity index (χ2n) is 5.82. The highest BCUT2D eigenvalue weighted by Crippen LogP contribution is 2.26. The molecule has 0 spiro atoms. The Labute approximate surface area is 148 Å². The predicted octanol–water partition coefficient (Wildman–Crippen LogP) is 3.26. The van der Waals surface area contributed by atoms with Gasteiger partial charge in [0, 0.05) is 11.8 Å². The van der Waals surface area contributed by atoms with Crippen LogP contribution in [0.4, 0.5) is 14.5 Å². The van der Waals surface area contributed by atoms with E-state index < -0.39 is 17.3 Å². The number of alkyl halides is 2. The molecule has 1 aromatic carbocycles. The summed E-state index contributed by atoms with van der Waals surface area (Å²) in [7, 11) is 0. The third kappa shape index (κ3) is 3.63. The molecule has 26 heavy (non-hydrogen) atoms. The van der Waals surface area contributed by atoms with Crippen LogP contribution in [0.2, 0.25) is 0 Å². The summed E-state index contributed by atoms with van der Waals surface area (Å²) in [5, 5.41) is 5.47. The number of aryl methyl sites for hydroxylation is 1. The van der Waals surface area contributed by atoms with Crippen LogP contribution in [0.1, 0.15) is 30.9 Å². The van der Waals surface area contributed by atoms with Gasteiger partial charge in [-0.05, 0) is 37.1 Å². The number of fused-ring (bicyclic) bond motifs is 1. The molecule has 0 unspecified atom stereocenters. The van der Waals surface area contributed by atoms with Gasteiger partial charge in [-0.15, -0.1) is 0 Å². The molecule has 8 heteroatoms. The number of hydrogen-bond acceptors (Lipinski definition) is 4. The van der Waals surface area contributed by atoms with E-state index in [2.05, 4.69) is 27.3 Å². The zero-order valence-electron chi connectivity index (χ0n) is 14.5. The first-order valence-electron chi connectivity index (χ1n) is 8.26. The van der Waals surface area contributed by atoms with E-state index in [1.165, 1.54) is 24.6 Å². The number of nitrogens with zero attached hydrogens (tertiary/aromatic N) is 3. The van der Waals surface area contributed by atoms with Crippen molar-refractivity contribution in [2.45, 2.75) is 32.7 Å². The Morgan fingerprint density at radius 2 is 2.00 bits per heavy atom. The van der Waals surface area contributed by atoms with Gasteiger partial charge < -0.3 is 5.32 Å². The van der Waals surface area contributed by atoms with E-state index in [1.54, 1.807) is 0 Å². The number of H-pyrrole nitrogens is 1. The fraction of sp³-hybridized carbons (Fsp3) is 0.278. The van der Waals surface area contributed by atoms with Crippen molar-refractivity contribution in [1.29, 1.82) is 0 Å². The molecule has 0 saturated carbocycles. The molecule has 3 aromatic rings. The Morgan fingerprint density at radius 3 is 2.65 bits per heavy atom. The SMILES string of the molecule is CC=CC(F)(F)c1nc2nc(CNc3ccc(CC)cc3)cc(=O)n2[nH]1. The van der Waals surface area contributed by atoms with Gasteiger partial charge in [-0.1, -0.05) is 25.1 Å². The number of halogens is 2. The highest BCUT2D eigenvalue weighted by Gasteiger charge is 2.32. The zero-order valence-corrected chi connectivity index (χ0v) is 14.5. The molecule has 0 radical (unpaired) electrons. The maximum atomic E-state index is 13.9. The Hall–Kier alpha value is -3.03. The molecule has 0 saturated heterocycles. The molecule has 2 N–H and O–H groups in total. The minimum absolute atomic E-state index is 0.0881. The minimum atomic E-state index is -3.30. The second kappa shape index (κ2) is 7.07. The smallest absolute Gasteiger partial charge is 0.324 e. The summed E-state index contributed by atoms with van der Waals surface area (Å²) in [5.41, 5.74) is 2.02. The molecule has 2 aromatic heterocycles. The van der Waals surface area contributed by atoms with Crippen LogP contribution in [0.3, 0.4) is 0 Å². The van der Waals surface area contributed by atoms with E-state index in [0.717, 1.165) is 16.6 Å². The molecule has 0 atom stereocenters. The van der Waals surface area contributed by atoms with Crippen molar-refractivity contribution in [3.05, 3.63) is 69.9 Å². The van der Waals surface area contributed by atoms with E-state index in [4.69, 9.17) is 0 Å². The Kier molecular flexibility index (Phi) is 4.83. The number of aromatic nitrogens is 4. The molecule has 6 nitrogen and oxygen atoms in total. The molecule has 0 bridgehead atoms. The van der Waals surface area contributed by atoms with Gasteiger partial charge >= 0.3 is 5.92 Å². The third-order valence-corrected chi connectivity index (χ3v) is 3.91. The fourth-order valence-corrected chi connectivity index (χ4v) is 2.51. The van der Waals surface area contributed by atoms with Gasteiger partial charge in [0.1, 0.15) is 0 Å². The number of allylic oxidation sites excluding steroid dienone is 2. The standard InChI is InChI=1S/C18H19F2N5O/c1-3-9-18(19,20)16-23-17-22-14(10-15(26)25(17)24-16)11-21-13-7-5-12(4-2)6-8-13/h3,5-10,21H,4,11H2,1-2H3,(H,22,23,24). The number of nitrogens with one attached hydrogen (secondary N) is 2. The Balaban J connectivity index is 1.84. The van der Waals surface area contributed by atoms with Crippen LogP contribution in [0.25, 0.3) is 5.78 Å². The van der Waals surface area contributed by atoms with Gasteiger partial charge in [0.05, 0.1) is 12.2 Å². The van der Waals surface area contributed by atoms with Crippen molar-refractivity contribution in [3.63, 3.8) is 0 Å². The molecule has 136 valence electrons. The molecule has 0 aliphatic carbocycles. The van der Waals surface area contributed by atoms with E-state index in [1.807, 2.05) is 24.3 Å². The highest BCUT2D eigenvalue weighted by molar-refractivity contribution is 5.45. The van der Waals surface area contributed by atoms with Gasteiger partial charge in [0.15, 0.2) is 5.82 Å². The van der Waals surface area contributed by atoms with Gasteiger partial charge in [0.25, 0.3) is 11.3 Å². The summed E-state index contributed by atoms with van der Waals surface area (Å²) in [5.74, 6) is -4.01.